The lowest BCUT2D eigenvalue weighted by molar-refractivity contribution is -0.274. The molecule has 174 valence electrons. The van der Waals surface area contributed by atoms with Gasteiger partial charge in [-0.05, 0) is 56.5 Å². The molecule has 2 N–H and O–H groups in total. The zero-order chi connectivity index (χ0) is 23.9. The Kier molecular flexibility index (Phi) is 8.69. The highest BCUT2D eigenvalue weighted by Crippen LogP contribution is 2.30. The normalized spacial score (nSPS) is 19.1. The van der Waals surface area contributed by atoms with E-state index in [0.717, 1.165) is 17.3 Å². The average Bonchev–Trinajstić information content (AvgIpc) is 2.74. The molecule has 0 radical (unpaired) electrons. The second-order valence-corrected chi connectivity index (χ2v) is 7.48. The molecule has 1 saturated heterocycles. The molecule has 2 aromatic rings. The van der Waals surface area contributed by atoms with Crippen LogP contribution >= 0.6 is 0 Å². The Hall–Kier alpha value is -3.03. The molecule has 0 aromatic heterocycles. The van der Waals surface area contributed by atoms with Crippen molar-refractivity contribution in [2.45, 2.75) is 52.9 Å². The number of amides is 1. The Bertz CT molecular complexity index is 944. The maximum atomic E-state index is 12.7. The quantitative estimate of drug-likeness (QED) is 0.497. The van der Waals surface area contributed by atoms with Gasteiger partial charge in [-0.1, -0.05) is 38.1 Å². The van der Waals surface area contributed by atoms with Gasteiger partial charge in [0.25, 0.3) is 5.91 Å². The minimum atomic E-state index is -4.86. The highest BCUT2D eigenvalue weighted by Gasteiger charge is 2.33. The zero-order valence-electron chi connectivity index (χ0n) is 18.8. The first-order chi connectivity index (χ1) is 15.1. The monoisotopic (exact) mass is 449 g/mol. The van der Waals surface area contributed by atoms with E-state index in [1.54, 1.807) is 0 Å². The number of carbonyl (C=O) groups is 1. The standard InChI is InChI=1S/C22H24F3N3O2.C2H6/c1-14-6-5-7-17(12-14)28-11-10-16(13-15(28)2)21(29)27-20(26)18-8-3-4-9-19(18)30-22(23,24)25;1-2/h3-9,12,15-16H,10-11,13H2,1-2H3,(H2,26,27,29);1-2H3. The number of alkyl halides is 3. The smallest absolute Gasteiger partial charge is 0.405 e. The van der Waals surface area contributed by atoms with Crippen LogP contribution in [-0.2, 0) is 4.79 Å². The number of anilines is 1. The maximum absolute atomic E-state index is 12.7. The van der Waals surface area contributed by atoms with E-state index in [4.69, 9.17) is 5.73 Å². The van der Waals surface area contributed by atoms with E-state index >= 15 is 0 Å². The first kappa shape index (κ1) is 25.2. The Balaban J connectivity index is 0.00000176. The van der Waals surface area contributed by atoms with Crippen molar-refractivity contribution < 1.29 is 22.7 Å². The molecule has 2 aromatic carbocycles. The molecular weight excluding hydrogens is 419 g/mol. The van der Waals surface area contributed by atoms with Gasteiger partial charge in [0.2, 0.25) is 0 Å². The Morgan fingerprint density at radius 3 is 2.47 bits per heavy atom. The van der Waals surface area contributed by atoms with Gasteiger partial charge in [-0.3, -0.25) is 4.79 Å². The van der Waals surface area contributed by atoms with Crippen molar-refractivity contribution in [2.24, 2.45) is 16.6 Å². The average molecular weight is 450 g/mol. The number of aryl methyl sites for hydroxylation is 1. The third kappa shape index (κ3) is 6.73. The van der Waals surface area contributed by atoms with Crippen molar-refractivity contribution >= 4 is 17.4 Å². The third-order valence-electron chi connectivity index (χ3n) is 5.18. The Labute approximate surface area is 187 Å². The molecule has 0 aliphatic carbocycles. The van der Waals surface area contributed by atoms with Crippen molar-refractivity contribution in [3.63, 3.8) is 0 Å². The van der Waals surface area contributed by atoms with Gasteiger partial charge in [-0.25, -0.2) is 0 Å². The number of benzene rings is 2. The van der Waals surface area contributed by atoms with Crippen LogP contribution < -0.4 is 15.4 Å². The number of nitrogens with two attached hydrogens (primary N) is 1. The van der Waals surface area contributed by atoms with E-state index < -0.39 is 18.0 Å². The molecule has 2 unspecified atom stereocenters. The summed E-state index contributed by atoms with van der Waals surface area (Å²) >= 11 is 0. The molecule has 1 aliphatic heterocycles. The van der Waals surface area contributed by atoms with Crippen LogP contribution in [0.1, 0.15) is 44.7 Å². The molecule has 8 heteroatoms. The molecule has 1 heterocycles. The number of ether oxygens (including phenoxy) is 1. The van der Waals surface area contributed by atoms with Crippen molar-refractivity contribution in [3.05, 3.63) is 59.7 Å². The van der Waals surface area contributed by atoms with Gasteiger partial charge in [0.1, 0.15) is 11.6 Å². The van der Waals surface area contributed by atoms with Crippen molar-refractivity contribution in [3.8, 4) is 5.75 Å². The zero-order valence-corrected chi connectivity index (χ0v) is 18.8. The SMILES string of the molecule is CC.Cc1cccc(N2CCC(C(=O)N=C(N)c3ccccc3OC(F)(F)F)CC2C)c1. The topological polar surface area (TPSA) is 67.9 Å². The van der Waals surface area contributed by atoms with Crippen LogP contribution in [-0.4, -0.2) is 30.7 Å². The van der Waals surface area contributed by atoms with Crippen LogP contribution in [0.5, 0.6) is 5.75 Å². The van der Waals surface area contributed by atoms with E-state index in [-0.39, 0.29) is 23.4 Å². The fourth-order valence-corrected chi connectivity index (χ4v) is 3.75. The molecule has 1 amide bonds. The maximum Gasteiger partial charge on any atom is 0.573 e. The number of hydrogen-bond acceptors (Lipinski definition) is 3. The predicted octanol–water partition coefficient (Wildman–Crippen LogP) is 5.46. The number of para-hydroxylation sites is 1. The van der Waals surface area contributed by atoms with E-state index in [9.17, 15) is 18.0 Å². The summed E-state index contributed by atoms with van der Waals surface area (Å²) in [5.74, 6) is -1.53. The van der Waals surface area contributed by atoms with E-state index in [0.29, 0.717) is 19.4 Å². The van der Waals surface area contributed by atoms with Gasteiger partial charge in [0.15, 0.2) is 0 Å². The molecule has 1 aliphatic rings. The van der Waals surface area contributed by atoms with Gasteiger partial charge in [-0.2, -0.15) is 4.99 Å². The number of carbonyl (C=O) groups excluding carboxylic acids is 1. The molecule has 2 atom stereocenters. The fraction of sp³-hybridized carbons (Fsp3) is 0.417. The molecule has 3 rings (SSSR count). The second-order valence-electron chi connectivity index (χ2n) is 7.48. The summed E-state index contributed by atoms with van der Waals surface area (Å²) in [5.41, 5.74) is 8.07. The summed E-state index contributed by atoms with van der Waals surface area (Å²) in [4.78, 5) is 18.8. The van der Waals surface area contributed by atoms with Crippen LogP contribution in [0.2, 0.25) is 0 Å². The van der Waals surface area contributed by atoms with E-state index in [2.05, 4.69) is 20.7 Å². The number of rotatable bonds is 4. The highest BCUT2D eigenvalue weighted by molar-refractivity contribution is 6.06. The van der Waals surface area contributed by atoms with Gasteiger partial charge in [0.05, 0.1) is 5.56 Å². The molecule has 0 bridgehead atoms. The Morgan fingerprint density at radius 1 is 1.16 bits per heavy atom. The summed E-state index contributed by atoms with van der Waals surface area (Å²) in [7, 11) is 0. The first-order valence-corrected chi connectivity index (χ1v) is 10.7. The summed E-state index contributed by atoms with van der Waals surface area (Å²) in [6, 6.07) is 13.7. The molecule has 32 heavy (non-hydrogen) atoms. The van der Waals surface area contributed by atoms with Crippen LogP contribution in [0.25, 0.3) is 0 Å². The second kappa shape index (κ2) is 11.0. The van der Waals surface area contributed by atoms with Crippen molar-refractivity contribution in [1.82, 2.24) is 0 Å². The summed E-state index contributed by atoms with van der Waals surface area (Å²) < 4.78 is 41.8. The largest absolute Gasteiger partial charge is 0.573 e. The number of nitrogens with zero attached hydrogens (tertiary/aromatic N) is 2. The third-order valence-corrected chi connectivity index (χ3v) is 5.18. The number of hydrogen-bond donors (Lipinski definition) is 1. The summed E-state index contributed by atoms with van der Waals surface area (Å²) in [5, 5.41) is 0. The Morgan fingerprint density at radius 2 is 1.84 bits per heavy atom. The lowest BCUT2D eigenvalue weighted by Gasteiger charge is -2.38. The number of halogens is 3. The van der Waals surface area contributed by atoms with Crippen LogP contribution in [0, 0.1) is 12.8 Å². The summed E-state index contributed by atoms with van der Waals surface area (Å²) in [6.45, 7) is 8.76. The minimum Gasteiger partial charge on any atom is -0.405 e. The molecule has 0 saturated carbocycles. The lowest BCUT2D eigenvalue weighted by atomic mass is 9.90. The lowest BCUT2D eigenvalue weighted by Crippen LogP contribution is -2.42. The van der Waals surface area contributed by atoms with Crippen molar-refractivity contribution in [2.75, 3.05) is 11.4 Å². The fourth-order valence-electron chi connectivity index (χ4n) is 3.75. The number of amidine groups is 1. The molecule has 1 fully saturated rings. The van der Waals surface area contributed by atoms with Gasteiger partial charge in [0, 0.05) is 24.2 Å². The van der Waals surface area contributed by atoms with E-state index in [1.807, 2.05) is 45.9 Å². The highest BCUT2D eigenvalue weighted by atomic mass is 19.4. The van der Waals surface area contributed by atoms with Gasteiger partial charge >= 0.3 is 6.36 Å². The number of piperidine rings is 1. The molecular formula is C24H30F3N3O2. The van der Waals surface area contributed by atoms with Gasteiger partial charge in [-0.15, -0.1) is 13.2 Å². The van der Waals surface area contributed by atoms with E-state index in [1.165, 1.54) is 18.2 Å². The molecule has 0 spiro atoms. The molecule has 5 nitrogen and oxygen atoms in total. The summed E-state index contributed by atoms with van der Waals surface area (Å²) in [6.07, 6.45) is -3.68. The van der Waals surface area contributed by atoms with Crippen LogP contribution in [0.4, 0.5) is 18.9 Å². The number of aliphatic imine (C=N–C) groups is 1. The minimum absolute atomic E-state index is 0.0616. The van der Waals surface area contributed by atoms with Gasteiger partial charge < -0.3 is 15.4 Å². The first-order valence-electron chi connectivity index (χ1n) is 10.7. The predicted molar refractivity (Wildman–Crippen MR) is 121 cm³/mol. The van der Waals surface area contributed by atoms with Crippen molar-refractivity contribution in [1.29, 1.82) is 0 Å². The van der Waals surface area contributed by atoms with Crippen LogP contribution in [0.3, 0.4) is 0 Å². The van der Waals surface area contributed by atoms with Crippen LogP contribution in [0.15, 0.2) is 53.5 Å².